The van der Waals surface area contributed by atoms with Crippen LogP contribution in [-0.2, 0) is 6.42 Å². The highest BCUT2D eigenvalue weighted by Crippen LogP contribution is 2.47. The highest BCUT2D eigenvalue weighted by Gasteiger charge is 2.29. The van der Waals surface area contributed by atoms with Gasteiger partial charge in [0.25, 0.3) is 0 Å². The molecule has 0 saturated heterocycles. The summed E-state index contributed by atoms with van der Waals surface area (Å²) in [4.78, 5) is 12.9. The second-order valence-corrected chi connectivity index (χ2v) is 7.19. The molecule has 0 N–H and O–H groups in total. The largest absolute Gasteiger partial charge is 0.422 e. The molecule has 4 rings (SSSR count). The Labute approximate surface area is 134 Å². The SMILES string of the molecule is O=c1oc2ccccc2c2c1SC(c1cccc(Br)c1)C2. The van der Waals surface area contributed by atoms with Crippen molar-refractivity contribution in [3.63, 3.8) is 0 Å². The van der Waals surface area contributed by atoms with E-state index in [0.29, 0.717) is 5.58 Å². The first kappa shape index (κ1) is 13.2. The van der Waals surface area contributed by atoms with Gasteiger partial charge in [0.05, 0.1) is 4.90 Å². The fraction of sp³-hybridized carbons (Fsp3) is 0.118. The average Bonchev–Trinajstić information content (AvgIpc) is 2.93. The van der Waals surface area contributed by atoms with Crippen LogP contribution in [0.5, 0.6) is 0 Å². The molecule has 21 heavy (non-hydrogen) atoms. The molecule has 1 aliphatic rings. The molecule has 104 valence electrons. The van der Waals surface area contributed by atoms with Gasteiger partial charge in [-0.15, -0.1) is 11.8 Å². The zero-order valence-corrected chi connectivity index (χ0v) is 13.4. The van der Waals surface area contributed by atoms with E-state index in [-0.39, 0.29) is 10.9 Å². The maximum atomic E-state index is 12.2. The van der Waals surface area contributed by atoms with Crippen molar-refractivity contribution >= 4 is 38.7 Å². The Morgan fingerprint density at radius 3 is 2.86 bits per heavy atom. The Morgan fingerprint density at radius 2 is 2.00 bits per heavy atom. The highest BCUT2D eigenvalue weighted by molar-refractivity contribution is 9.10. The zero-order chi connectivity index (χ0) is 14.4. The maximum absolute atomic E-state index is 12.2. The summed E-state index contributed by atoms with van der Waals surface area (Å²) >= 11 is 5.12. The predicted molar refractivity (Wildman–Crippen MR) is 88.9 cm³/mol. The van der Waals surface area contributed by atoms with Crippen LogP contribution in [0.2, 0.25) is 0 Å². The molecular weight excluding hydrogens is 348 g/mol. The minimum absolute atomic E-state index is 0.216. The van der Waals surface area contributed by atoms with Crippen molar-refractivity contribution in [3.05, 3.63) is 74.6 Å². The molecule has 0 amide bonds. The van der Waals surface area contributed by atoms with E-state index in [2.05, 4.69) is 28.1 Å². The van der Waals surface area contributed by atoms with Crippen LogP contribution in [0.25, 0.3) is 11.0 Å². The smallest absolute Gasteiger partial charge is 0.350 e. The summed E-state index contributed by atoms with van der Waals surface area (Å²) < 4.78 is 6.49. The summed E-state index contributed by atoms with van der Waals surface area (Å²) in [5.41, 5.74) is 2.81. The molecule has 2 nitrogen and oxygen atoms in total. The third-order valence-corrected chi connectivity index (χ3v) is 5.61. The van der Waals surface area contributed by atoms with Crippen LogP contribution in [0.1, 0.15) is 16.4 Å². The van der Waals surface area contributed by atoms with Gasteiger partial charge in [-0.1, -0.05) is 46.3 Å². The molecule has 0 fully saturated rings. The number of benzene rings is 2. The van der Waals surface area contributed by atoms with E-state index in [0.717, 1.165) is 26.7 Å². The topological polar surface area (TPSA) is 30.2 Å². The molecule has 1 aromatic heterocycles. The van der Waals surface area contributed by atoms with E-state index in [1.165, 1.54) is 5.56 Å². The van der Waals surface area contributed by atoms with E-state index in [9.17, 15) is 4.79 Å². The number of hydrogen-bond donors (Lipinski definition) is 0. The number of rotatable bonds is 1. The Kier molecular flexibility index (Phi) is 3.16. The quantitative estimate of drug-likeness (QED) is 0.576. The molecular formula is C17H11BrO2S. The van der Waals surface area contributed by atoms with Crippen molar-refractivity contribution in [1.82, 2.24) is 0 Å². The van der Waals surface area contributed by atoms with Crippen LogP contribution < -0.4 is 5.63 Å². The normalized spacial score (nSPS) is 17.1. The van der Waals surface area contributed by atoms with Gasteiger partial charge < -0.3 is 4.42 Å². The molecule has 1 atom stereocenters. The van der Waals surface area contributed by atoms with Gasteiger partial charge in [0, 0.05) is 15.1 Å². The van der Waals surface area contributed by atoms with E-state index in [1.54, 1.807) is 11.8 Å². The number of halogens is 1. The van der Waals surface area contributed by atoms with Gasteiger partial charge in [0.15, 0.2) is 0 Å². The van der Waals surface area contributed by atoms with Crippen LogP contribution in [0.4, 0.5) is 0 Å². The minimum atomic E-state index is -0.216. The maximum Gasteiger partial charge on any atom is 0.350 e. The monoisotopic (exact) mass is 358 g/mol. The van der Waals surface area contributed by atoms with Crippen molar-refractivity contribution in [2.45, 2.75) is 16.6 Å². The summed E-state index contributed by atoms with van der Waals surface area (Å²) in [6.45, 7) is 0. The number of hydrogen-bond acceptors (Lipinski definition) is 3. The van der Waals surface area contributed by atoms with Gasteiger partial charge in [0.1, 0.15) is 5.58 Å². The minimum Gasteiger partial charge on any atom is -0.422 e. The third kappa shape index (κ3) is 2.23. The Morgan fingerprint density at radius 1 is 1.14 bits per heavy atom. The van der Waals surface area contributed by atoms with Gasteiger partial charge >= 0.3 is 5.63 Å². The fourth-order valence-corrected chi connectivity index (χ4v) is 4.49. The van der Waals surface area contributed by atoms with E-state index >= 15 is 0 Å². The predicted octanol–water partition coefficient (Wildman–Crippen LogP) is 4.95. The van der Waals surface area contributed by atoms with Crippen molar-refractivity contribution in [2.24, 2.45) is 0 Å². The fourth-order valence-electron chi connectivity index (χ4n) is 2.78. The lowest BCUT2D eigenvalue weighted by Crippen LogP contribution is -2.02. The molecule has 3 aromatic rings. The van der Waals surface area contributed by atoms with Gasteiger partial charge in [-0.3, -0.25) is 0 Å². The lowest BCUT2D eigenvalue weighted by molar-refractivity contribution is 0.542. The van der Waals surface area contributed by atoms with Gasteiger partial charge in [0.2, 0.25) is 0 Å². The lowest BCUT2D eigenvalue weighted by Gasteiger charge is -2.08. The van der Waals surface area contributed by atoms with Gasteiger partial charge in [-0.25, -0.2) is 4.79 Å². The van der Waals surface area contributed by atoms with Crippen molar-refractivity contribution in [3.8, 4) is 0 Å². The van der Waals surface area contributed by atoms with Crippen molar-refractivity contribution in [2.75, 3.05) is 0 Å². The molecule has 1 unspecified atom stereocenters. The average molecular weight is 359 g/mol. The lowest BCUT2D eigenvalue weighted by atomic mass is 10.0. The summed E-state index contributed by atoms with van der Waals surface area (Å²) in [5, 5.41) is 1.32. The molecule has 1 aliphatic heterocycles. The van der Waals surface area contributed by atoms with Crippen molar-refractivity contribution < 1.29 is 4.42 Å². The molecule has 0 bridgehead atoms. The summed E-state index contributed by atoms with van der Waals surface area (Å²) in [5.74, 6) is 0. The standard InChI is InChI=1S/C17H11BrO2S/c18-11-5-3-4-10(8-11)15-9-13-12-6-1-2-7-14(12)20-17(19)16(13)21-15/h1-8,15H,9H2. The Balaban J connectivity index is 1.85. The second kappa shape index (κ2) is 5.04. The molecule has 0 radical (unpaired) electrons. The van der Waals surface area contributed by atoms with Crippen molar-refractivity contribution in [1.29, 1.82) is 0 Å². The van der Waals surface area contributed by atoms with Crippen LogP contribution in [0, 0.1) is 0 Å². The zero-order valence-electron chi connectivity index (χ0n) is 11.0. The summed E-state index contributed by atoms with van der Waals surface area (Å²) in [6.07, 6.45) is 0.864. The first-order chi connectivity index (χ1) is 10.2. The van der Waals surface area contributed by atoms with Crippen LogP contribution in [-0.4, -0.2) is 0 Å². The number of fused-ring (bicyclic) bond motifs is 3. The summed E-state index contributed by atoms with van der Waals surface area (Å²) in [7, 11) is 0. The van der Waals surface area contributed by atoms with E-state index < -0.39 is 0 Å². The first-order valence-electron chi connectivity index (χ1n) is 6.69. The molecule has 0 spiro atoms. The number of thioether (sulfide) groups is 1. The van der Waals surface area contributed by atoms with Crippen LogP contribution in [0.15, 0.2) is 67.1 Å². The molecule has 0 saturated carbocycles. The third-order valence-electron chi connectivity index (χ3n) is 3.74. The first-order valence-corrected chi connectivity index (χ1v) is 8.36. The number of para-hydroxylation sites is 1. The van der Waals surface area contributed by atoms with Crippen LogP contribution in [0.3, 0.4) is 0 Å². The molecule has 0 aliphatic carbocycles. The highest BCUT2D eigenvalue weighted by atomic mass is 79.9. The Hall–Kier alpha value is -1.52. The van der Waals surface area contributed by atoms with E-state index in [4.69, 9.17) is 4.42 Å². The molecule has 4 heteroatoms. The Bertz CT molecular complexity index is 901. The molecule has 2 aromatic carbocycles. The van der Waals surface area contributed by atoms with Gasteiger partial charge in [-0.05, 0) is 35.7 Å². The second-order valence-electron chi connectivity index (χ2n) is 5.06. The molecule has 2 heterocycles. The van der Waals surface area contributed by atoms with E-state index in [1.807, 2.05) is 36.4 Å². The summed E-state index contributed by atoms with van der Waals surface area (Å²) in [6, 6.07) is 16.0. The van der Waals surface area contributed by atoms with Crippen LogP contribution >= 0.6 is 27.7 Å². The van der Waals surface area contributed by atoms with Gasteiger partial charge in [-0.2, -0.15) is 0 Å².